The van der Waals surface area contributed by atoms with Gasteiger partial charge in [0, 0.05) is 45.1 Å². The Morgan fingerprint density at radius 3 is 2.58 bits per heavy atom. The fraction of sp³-hybridized carbons (Fsp3) is 0.652. The average molecular weight is 447 g/mol. The van der Waals surface area contributed by atoms with Crippen LogP contribution in [-0.2, 0) is 27.8 Å². The summed E-state index contributed by atoms with van der Waals surface area (Å²) in [6, 6.07) is 5.59. The molecule has 2 aliphatic heterocycles. The van der Waals surface area contributed by atoms with Gasteiger partial charge in [-0.2, -0.15) is 4.31 Å². The lowest BCUT2D eigenvalue weighted by molar-refractivity contribution is -0.134. The number of hydrogen-bond donors (Lipinski definition) is 0. The molecule has 0 N–H and O–H groups in total. The van der Waals surface area contributed by atoms with Gasteiger partial charge in [0.2, 0.25) is 15.9 Å². The number of rotatable bonds is 7. The van der Waals surface area contributed by atoms with Gasteiger partial charge in [0.25, 0.3) is 0 Å². The molecule has 2 saturated heterocycles. The Balaban J connectivity index is 1.58. The highest BCUT2D eigenvalue weighted by Crippen LogP contribution is 2.26. The van der Waals surface area contributed by atoms with E-state index in [4.69, 9.17) is 4.98 Å². The molecule has 1 amide bonds. The van der Waals surface area contributed by atoms with Crippen LogP contribution in [0.25, 0.3) is 11.0 Å². The maximum Gasteiger partial charge on any atom is 0.243 e. The highest BCUT2D eigenvalue weighted by atomic mass is 32.2. The van der Waals surface area contributed by atoms with Gasteiger partial charge < -0.3 is 9.47 Å². The number of aromatic nitrogens is 2. The van der Waals surface area contributed by atoms with E-state index in [1.807, 2.05) is 11.0 Å². The van der Waals surface area contributed by atoms with Crippen LogP contribution >= 0.6 is 0 Å². The molecule has 0 aliphatic carbocycles. The number of nitrogens with zero attached hydrogens (tertiary/aromatic N) is 4. The van der Waals surface area contributed by atoms with Crippen molar-refractivity contribution in [1.29, 1.82) is 0 Å². The number of aryl methyl sites for hydroxylation is 2. The minimum absolute atomic E-state index is 0.194. The van der Waals surface area contributed by atoms with E-state index in [-0.39, 0.29) is 5.91 Å². The van der Waals surface area contributed by atoms with E-state index < -0.39 is 10.0 Å². The van der Waals surface area contributed by atoms with E-state index in [0.717, 1.165) is 56.5 Å². The first kappa shape index (κ1) is 22.3. The zero-order valence-electron chi connectivity index (χ0n) is 18.7. The summed E-state index contributed by atoms with van der Waals surface area (Å²) in [4.78, 5) is 19.9. The molecule has 0 saturated carbocycles. The topological polar surface area (TPSA) is 75.5 Å². The number of carbonyl (C=O) groups excluding carboxylic acids is 1. The molecule has 2 fully saturated rings. The molecule has 1 unspecified atom stereocenters. The van der Waals surface area contributed by atoms with Gasteiger partial charge in [0.1, 0.15) is 5.82 Å². The van der Waals surface area contributed by atoms with Gasteiger partial charge >= 0.3 is 0 Å². The van der Waals surface area contributed by atoms with E-state index in [1.54, 1.807) is 16.4 Å². The second kappa shape index (κ2) is 9.28. The Bertz CT molecular complexity index is 1040. The van der Waals surface area contributed by atoms with Crippen LogP contribution in [0.1, 0.15) is 64.6 Å². The van der Waals surface area contributed by atoms with E-state index in [2.05, 4.69) is 18.4 Å². The van der Waals surface area contributed by atoms with E-state index in [0.29, 0.717) is 42.4 Å². The molecule has 2 aliphatic rings. The van der Waals surface area contributed by atoms with Gasteiger partial charge in [-0.1, -0.05) is 6.92 Å². The molecule has 0 spiro atoms. The van der Waals surface area contributed by atoms with Crippen LogP contribution in [0, 0.1) is 0 Å². The van der Waals surface area contributed by atoms with Crippen LogP contribution < -0.4 is 0 Å². The van der Waals surface area contributed by atoms with Crippen molar-refractivity contribution >= 4 is 27.0 Å². The van der Waals surface area contributed by atoms with E-state index in [1.165, 1.54) is 6.42 Å². The van der Waals surface area contributed by atoms with Crippen LogP contribution in [0.2, 0.25) is 0 Å². The number of carbonyl (C=O) groups is 1. The number of amides is 1. The summed E-state index contributed by atoms with van der Waals surface area (Å²) in [6.07, 6.45) is 7.15. The third-order valence-electron chi connectivity index (χ3n) is 6.63. The predicted octanol–water partition coefficient (Wildman–Crippen LogP) is 3.56. The van der Waals surface area contributed by atoms with Gasteiger partial charge in [-0.25, -0.2) is 13.4 Å². The van der Waals surface area contributed by atoms with Crippen molar-refractivity contribution in [2.24, 2.45) is 0 Å². The number of fused-ring (bicyclic) bond motifs is 1. The Morgan fingerprint density at radius 2 is 1.87 bits per heavy atom. The van der Waals surface area contributed by atoms with Crippen LogP contribution in [0.3, 0.4) is 0 Å². The molecule has 7 nitrogen and oxygen atoms in total. The Kier molecular flexibility index (Phi) is 6.67. The standard InChI is InChI=1S/C23H34N4O3S/c1-3-13-27-21-10-9-19(31(29,30)25-14-6-7-15-25)17-20(21)24-22(27)11-12-23(28)26-16-5-4-8-18(26)2/h9-10,17-18H,3-8,11-16H2,1-2H3. The SMILES string of the molecule is CCCn1c(CCC(=O)N2CCCCC2C)nc2cc(S(=O)(=O)N3CCCC3)ccc21. The first-order valence-corrected chi connectivity index (χ1v) is 13.1. The summed E-state index contributed by atoms with van der Waals surface area (Å²) in [5, 5.41) is 0. The second-order valence-electron chi connectivity index (χ2n) is 8.87. The maximum atomic E-state index is 13.0. The summed E-state index contributed by atoms with van der Waals surface area (Å²) >= 11 is 0. The number of piperidine rings is 1. The normalized spacial score (nSPS) is 20.6. The van der Waals surface area contributed by atoms with Crippen molar-refractivity contribution in [1.82, 2.24) is 18.8 Å². The van der Waals surface area contributed by atoms with E-state index >= 15 is 0 Å². The number of likely N-dealkylation sites (tertiary alicyclic amines) is 1. The third kappa shape index (κ3) is 4.51. The summed E-state index contributed by atoms with van der Waals surface area (Å²) in [5.41, 5.74) is 1.64. The second-order valence-corrected chi connectivity index (χ2v) is 10.8. The molecule has 3 heterocycles. The summed E-state index contributed by atoms with van der Waals surface area (Å²) in [5.74, 6) is 1.06. The fourth-order valence-electron chi connectivity index (χ4n) is 4.89. The minimum atomic E-state index is -3.47. The molecule has 1 aromatic heterocycles. The molecule has 170 valence electrons. The van der Waals surface area contributed by atoms with Gasteiger partial charge in [0.05, 0.1) is 15.9 Å². The highest BCUT2D eigenvalue weighted by Gasteiger charge is 2.28. The Labute approximate surface area is 185 Å². The lowest BCUT2D eigenvalue weighted by Crippen LogP contribution is -2.42. The molecular weight excluding hydrogens is 412 g/mol. The van der Waals surface area contributed by atoms with Crippen molar-refractivity contribution in [2.75, 3.05) is 19.6 Å². The zero-order valence-corrected chi connectivity index (χ0v) is 19.5. The summed E-state index contributed by atoms with van der Waals surface area (Å²) < 4.78 is 29.6. The molecule has 31 heavy (non-hydrogen) atoms. The number of sulfonamides is 1. The van der Waals surface area contributed by atoms with Gasteiger partial charge in [-0.3, -0.25) is 4.79 Å². The Hall–Kier alpha value is -1.93. The van der Waals surface area contributed by atoms with E-state index in [9.17, 15) is 13.2 Å². The van der Waals surface area contributed by atoms with Crippen molar-refractivity contribution in [3.05, 3.63) is 24.0 Å². The van der Waals surface area contributed by atoms with Crippen molar-refractivity contribution in [3.8, 4) is 0 Å². The first-order valence-electron chi connectivity index (χ1n) is 11.7. The number of benzene rings is 1. The van der Waals surface area contributed by atoms with Gasteiger partial charge in [-0.15, -0.1) is 0 Å². The molecule has 0 radical (unpaired) electrons. The molecule has 1 aromatic carbocycles. The zero-order chi connectivity index (χ0) is 22.0. The van der Waals surface area contributed by atoms with Crippen LogP contribution in [0.15, 0.2) is 23.1 Å². The maximum absolute atomic E-state index is 13.0. The molecule has 4 rings (SSSR count). The smallest absolute Gasteiger partial charge is 0.243 e. The highest BCUT2D eigenvalue weighted by molar-refractivity contribution is 7.89. The minimum Gasteiger partial charge on any atom is -0.340 e. The lowest BCUT2D eigenvalue weighted by atomic mass is 10.0. The average Bonchev–Trinajstić information content (AvgIpc) is 3.41. The molecular formula is C23H34N4O3S. The summed E-state index contributed by atoms with van der Waals surface area (Å²) in [7, 11) is -3.47. The molecule has 0 bridgehead atoms. The molecule has 2 aromatic rings. The quantitative estimate of drug-likeness (QED) is 0.652. The van der Waals surface area contributed by atoms with Crippen LogP contribution in [-0.4, -0.2) is 58.8 Å². The van der Waals surface area contributed by atoms with Crippen molar-refractivity contribution < 1.29 is 13.2 Å². The first-order chi connectivity index (χ1) is 14.9. The fourth-order valence-corrected chi connectivity index (χ4v) is 6.43. The van der Waals surface area contributed by atoms with Crippen molar-refractivity contribution in [3.63, 3.8) is 0 Å². The largest absolute Gasteiger partial charge is 0.340 e. The van der Waals surface area contributed by atoms with Gasteiger partial charge in [-0.05, 0) is 63.6 Å². The predicted molar refractivity (Wildman–Crippen MR) is 121 cm³/mol. The van der Waals surface area contributed by atoms with Crippen LogP contribution in [0.4, 0.5) is 0 Å². The summed E-state index contributed by atoms with van der Waals surface area (Å²) in [6.45, 7) is 7.08. The third-order valence-corrected chi connectivity index (χ3v) is 8.53. The van der Waals surface area contributed by atoms with Crippen LogP contribution in [0.5, 0.6) is 0 Å². The Morgan fingerprint density at radius 1 is 1.13 bits per heavy atom. The van der Waals surface area contributed by atoms with Gasteiger partial charge in [0.15, 0.2) is 0 Å². The van der Waals surface area contributed by atoms with Crippen molar-refractivity contribution in [2.45, 2.75) is 82.7 Å². The molecule has 8 heteroatoms. The number of hydrogen-bond acceptors (Lipinski definition) is 4. The molecule has 1 atom stereocenters. The monoisotopic (exact) mass is 446 g/mol. The number of imidazole rings is 1. The lowest BCUT2D eigenvalue weighted by Gasteiger charge is -2.33.